The van der Waals surface area contributed by atoms with Crippen LogP contribution < -0.4 is 0 Å². The molecule has 1 aromatic heterocycles. The summed E-state index contributed by atoms with van der Waals surface area (Å²) in [5.41, 5.74) is 0. The SMILES string of the molecule is O=C(OC[C@H]1CCC[C@@H](c2nccs2)N1S(=O)(=O)c1ccc(Cl)cc1)N1CCC(N2CCCCC2)CC1. The number of piperidine rings is 3. The van der Waals surface area contributed by atoms with Crippen LogP contribution in [0.2, 0.25) is 5.02 Å². The van der Waals surface area contributed by atoms with Gasteiger partial charge in [-0.3, -0.25) is 0 Å². The van der Waals surface area contributed by atoms with Crippen molar-refractivity contribution < 1.29 is 17.9 Å². The van der Waals surface area contributed by atoms with Crippen LogP contribution in [0.3, 0.4) is 0 Å². The number of rotatable bonds is 6. The minimum absolute atomic E-state index is 0.0274. The summed E-state index contributed by atoms with van der Waals surface area (Å²) in [6.07, 6.45) is 9.25. The lowest BCUT2D eigenvalue weighted by atomic mass is 9.99. The number of nitrogens with zero attached hydrogens (tertiary/aromatic N) is 4. The fraction of sp³-hybridized carbons (Fsp3) is 0.615. The van der Waals surface area contributed by atoms with E-state index in [0.29, 0.717) is 37.0 Å². The number of carbonyl (C=O) groups excluding carboxylic acids is 1. The summed E-state index contributed by atoms with van der Waals surface area (Å²) in [5, 5.41) is 3.09. The van der Waals surface area contributed by atoms with Crippen LogP contribution in [0.5, 0.6) is 0 Å². The van der Waals surface area contributed by atoms with Crippen LogP contribution in [0.15, 0.2) is 40.7 Å². The lowest BCUT2D eigenvalue weighted by molar-refractivity contribution is 0.0449. The van der Waals surface area contributed by atoms with Crippen LogP contribution in [0.1, 0.15) is 62.4 Å². The molecule has 0 saturated carbocycles. The van der Waals surface area contributed by atoms with Gasteiger partial charge in [-0.05, 0) is 82.3 Å². The van der Waals surface area contributed by atoms with Crippen LogP contribution >= 0.6 is 22.9 Å². The molecular formula is C26H35ClN4O4S2. The molecule has 0 aliphatic carbocycles. The Bertz CT molecular complexity index is 1130. The van der Waals surface area contributed by atoms with E-state index in [1.165, 1.54) is 47.0 Å². The number of hydrogen-bond donors (Lipinski definition) is 0. The van der Waals surface area contributed by atoms with Crippen molar-refractivity contribution in [1.29, 1.82) is 0 Å². The van der Waals surface area contributed by atoms with E-state index in [-0.39, 0.29) is 17.6 Å². The van der Waals surface area contributed by atoms with Gasteiger partial charge in [0, 0.05) is 35.7 Å². The highest BCUT2D eigenvalue weighted by molar-refractivity contribution is 7.89. The molecule has 3 aliphatic heterocycles. The van der Waals surface area contributed by atoms with Gasteiger partial charge in [-0.1, -0.05) is 18.0 Å². The van der Waals surface area contributed by atoms with Gasteiger partial charge in [0.25, 0.3) is 0 Å². The highest BCUT2D eigenvalue weighted by Crippen LogP contribution is 2.40. The molecule has 2 aromatic rings. The van der Waals surface area contributed by atoms with Crippen molar-refractivity contribution in [2.45, 2.75) is 74.4 Å². The Hall–Kier alpha value is -1.72. The summed E-state index contributed by atoms with van der Waals surface area (Å²) < 4.78 is 35.0. The molecular weight excluding hydrogens is 532 g/mol. The molecule has 0 radical (unpaired) electrons. The fourth-order valence-corrected chi connectivity index (χ4v) is 8.68. The third kappa shape index (κ3) is 6.14. The van der Waals surface area contributed by atoms with E-state index in [0.717, 1.165) is 37.4 Å². The van der Waals surface area contributed by atoms with Crippen molar-refractivity contribution in [3.8, 4) is 0 Å². The molecule has 5 rings (SSSR count). The Labute approximate surface area is 228 Å². The second-order valence-electron chi connectivity index (χ2n) is 10.2. The average molecular weight is 567 g/mol. The Kier molecular flexibility index (Phi) is 8.70. The number of likely N-dealkylation sites (tertiary alicyclic amines) is 2. The minimum Gasteiger partial charge on any atom is -0.448 e. The number of ether oxygens (including phenoxy) is 1. The van der Waals surface area contributed by atoms with Gasteiger partial charge in [0.2, 0.25) is 10.0 Å². The first kappa shape index (κ1) is 26.9. The van der Waals surface area contributed by atoms with Crippen LogP contribution in [-0.4, -0.2) is 78.5 Å². The average Bonchev–Trinajstić information content (AvgIpc) is 3.47. The number of carbonyl (C=O) groups is 1. The summed E-state index contributed by atoms with van der Waals surface area (Å²) >= 11 is 7.47. The first-order valence-corrected chi connectivity index (χ1v) is 16.0. The normalized spacial score (nSPS) is 24.7. The highest BCUT2D eigenvalue weighted by atomic mass is 35.5. The topological polar surface area (TPSA) is 83.0 Å². The number of hydrogen-bond acceptors (Lipinski definition) is 7. The maximum absolute atomic E-state index is 13.9. The number of aromatic nitrogens is 1. The number of benzene rings is 1. The largest absolute Gasteiger partial charge is 0.448 e. The summed E-state index contributed by atoms with van der Waals surface area (Å²) in [7, 11) is -3.86. The summed E-state index contributed by atoms with van der Waals surface area (Å²) in [6.45, 7) is 3.71. The first-order chi connectivity index (χ1) is 17.9. The number of halogens is 1. The van der Waals surface area contributed by atoms with E-state index in [2.05, 4.69) is 9.88 Å². The molecule has 0 N–H and O–H groups in total. The molecule has 11 heteroatoms. The quantitative estimate of drug-likeness (QED) is 0.480. The first-order valence-electron chi connectivity index (χ1n) is 13.3. The van der Waals surface area contributed by atoms with Crippen LogP contribution in [-0.2, 0) is 14.8 Å². The monoisotopic (exact) mass is 566 g/mol. The third-order valence-electron chi connectivity index (χ3n) is 7.84. The van der Waals surface area contributed by atoms with Crippen molar-refractivity contribution >= 4 is 39.1 Å². The number of sulfonamides is 1. The second kappa shape index (κ2) is 12.0. The predicted molar refractivity (Wildman–Crippen MR) is 144 cm³/mol. The van der Waals surface area contributed by atoms with E-state index in [9.17, 15) is 13.2 Å². The minimum atomic E-state index is -3.86. The van der Waals surface area contributed by atoms with Crippen molar-refractivity contribution in [2.24, 2.45) is 0 Å². The van der Waals surface area contributed by atoms with Gasteiger partial charge >= 0.3 is 6.09 Å². The van der Waals surface area contributed by atoms with Crippen LogP contribution in [0.25, 0.3) is 0 Å². The highest BCUT2D eigenvalue weighted by Gasteiger charge is 2.42. The molecule has 0 spiro atoms. The molecule has 37 heavy (non-hydrogen) atoms. The summed E-state index contributed by atoms with van der Waals surface area (Å²) in [6, 6.07) is 5.92. The number of amides is 1. The van der Waals surface area contributed by atoms with E-state index in [1.54, 1.807) is 23.2 Å². The zero-order valence-corrected chi connectivity index (χ0v) is 23.4. The molecule has 0 unspecified atom stereocenters. The molecule has 3 aliphatic rings. The van der Waals surface area contributed by atoms with Crippen molar-refractivity contribution in [2.75, 3.05) is 32.8 Å². The molecule has 202 valence electrons. The maximum Gasteiger partial charge on any atom is 0.409 e. The molecule has 0 bridgehead atoms. The van der Waals surface area contributed by atoms with E-state index >= 15 is 0 Å². The summed E-state index contributed by atoms with van der Waals surface area (Å²) in [4.78, 5) is 22.0. The van der Waals surface area contributed by atoms with Gasteiger partial charge in [-0.2, -0.15) is 4.31 Å². The molecule has 8 nitrogen and oxygen atoms in total. The molecule has 3 saturated heterocycles. The zero-order chi connectivity index (χ0) is 25.8. The molecule has 1 aromatic carbocycles. The van der Waals surface area contributed by atoms with Crippen molar-refractivity contribution in [1.82, 2.24) is 19.1 Å². The van der Waals surface area contributed by atoms with Gasteiger partial charge < -0.3 is 14.5 Å². The third-order valence-corrected chi connectivity index (χ3v) is 10.9. The number of thiazole rings is 1. The summed E-state index contributed by atoms with van der Waals surface area (Å²) in [5.74, 6) is 0. The van der Waals surface area contributed by atoms with E-state index in [1.807, 2.05) is 5.38 Å². The predicted octanol–water partition coefficient (Wildman–Crippen LogP) is 5.17. The zero-order valence-electron chi connectivity index (χ0n) is 21.0. The Morgan fingerprint density at radius 3 is 2.41 bits per heavy atom. The van der Waals surface area contributed by atoms with Gasteiger partial charge in [0.05, 0.1) is 17.0 Å². The maximum atomic E-state index is 13.9. The standard InChI is InChI=1S/C26H35ClN4O4S2/c27-20-7-9-23(10-8-20)37(33,34)31-22(5-4-6-24(31)25-28-13-18-36-25)19-35-26(32)30-16-11-21(12-17-30)29-14-2-1-3-15-29/h7-10,13,18,21-22,24H,1-6,11-12,14-17,19H2/t22-,24+/m1/s1. The van der Waals surface area contributed by atoms with Gasteiger partial charge in [0.15, 0.2) is 0 Å². The lowest BCUT2D eigenvalue weighted by Crippen LogP contribution is -2.50. The fourth-order valence-electron chi connectivity index (χ4n) is 5.89. The van der Waals surface area contributed by atoms with E-state index in [4.69, 9.17) is 16.3 Å². The van der Waals surface area contributed by atoms with Crippen LogP contribution in [0, 0.1) is 0 Å². The Morgan fingerprint density at radius 2 is 1.73 bits per heavy atom. The smallest absolute Gasteiger partial charge is 0.409 e. The van der Waals surface area contributed by atoms with Gasteiger partial charge in [-0.15, -0.1) is 11.3 Å². The van der Waals surface area contributed by atoms with Crippen molar-refractivity contribution in [3.05, 3.63) is 45.9 Å². The van der Waals surface area contributed by atoms with Crippen LogP contribution in [0.4, 0.5) is 4.79 Å². The Morgan fingerprint density at radius 1 is 1.00 bits per heavy atom. The lowest BCUT2D eigenvalue weighted by Gasteiger charge is -2.41. The molecule has 4 heterocycles. The second-order valence-corrected chi connectivity index (χ2v) is 13.4. The van der Waals surface area contributed by atoms with E-state index < -0.39 is 22.1 Å². The van der Waals surface area contributed by atoms with Gasteiger partial charge in [-0.25, -0.2) is 18.2 Å². The Balaban J connectivity index is 1.26. The molecule has 2 atom stereocenters. The van der Waals surface area contributed by atoms with Crippen molar-refractivity contribution in [3.63, 3.8) is 0 Å². The van der Waals surface area contributed by atoms with Gasteiger partial charge in [0.1, 0.15) is 11.6 Å². The molecule has 1 amide bonds. The molecule has 3 fully saturated rings.